The first-order valence-electron chi connectivity index (χ1n) is 5.93. The first kappa shape index (κ1) is 14.6. The third-order valence-electron chi connectivity index (χ3n) is 2.57. The van der Waals surface area contributed by atoms with Crippen LogP contribution in [-0.4, -0.2) is 56.3 Å². The maximum Gasteiger partial charge on any atom is 0.248 e. The number of nitrogens with zero attached hydrogens (tertiary/aromatic N) is 2. The second kappa shape index (κ2) is 8.60. The Bertz CT molecular complexity index is 343. The molecule has 0 unspecified atom stereocenters. The fourth-order valence-corrected chi connectivity index (χ4v) is 1.38. The maximum atomic E-state index is 11.7. The van der Waals surface area contributed by atoms with E-state index < -0.39 is 0 Å². The molecule has 0 aliphatic rings. The number of carbonyl (C=O) groups is 1. The smallest absolute Gasteiger partial charge is 0.248 e. The second-order valence-corrected chi connectivity index (χ2v) is 3.97. The van der Waals surface area contributed by atoms with Gasteiger partial charge in [-0.2, -0.15) is 0 Å². The molecule has 0 saturated carbocycles. The molecular formula is C13H20N2O3. The van der Waals surface area contributed by atoms with Crippen LogP contribution >= 0.6 is 0 Å². The molecule has 1 rings (SSSR count). The molecule has 1 aromatic rings. The molecular weight excluding hydrogens is 232 g/mol. The molecule has 0 spiro atoms. The van der Waals surface area contributed by atoms with Crippen molar-refractivity contribution in [3.05, 3.63) is 30.1 Å². The first-order valence-corrected chi connectivity index (χ1v) is 5.93. The Labute approximate surface area is 108 Å². The Hall–Kier alpha value is -1.46. The lowest BCUT2D eigenvalue weighted by atomic mass is 10.2. The van der Waals surface area contributed by atoms with Gasteiger partial charge in [-0.1, -0.05) is 0 Å². The topological polar surface area (TPSA) is 51.7 Å². The summed E-state index contributed by atoms with van der Waals surface area (Å²) in [4.78, 5) is 17.3. The maximum absolute atomic E-state index is 11.7. The van der Waals surface area contributed by atoms with Crippen molar-refractivity contribution < 1.29 is 14.3 Å². The van der Waals surface area contributed by atoms with Crippen LogP contribution in [0.25, 0.3) is 0 Å². The van der Waals surface area contributed by atoms with Crippen LogP contribution < -0.4 is 0 Å². The Morgan fingerprint density at radius 3 is 2.72 bits per heavy atom. The lowest BCUT2D eigenvalue weighted by Gasteiger charge is -2.17. The van der Waals surface area contributed by atoms with E-state index in [4.69, 9.17) is 9.47 Å². The van der Waals surface area contributed by atoms with E-state index in [0.29, 0.717) is 19.8 Å². The minimum atomic E-state index is -0.0137. The van der Waals surface area contributed by atoms with E-state index in [2.05, 4.69) is 4.98 Å². The van der Waals surface area contributed by atoms with Gasteiger partial charge in [-0.3, -0.25) is 9.78 Å². The normalized spacial score (nSPS) is 10.3. The summed E-state index contributed by atoms with van der Waals surface area (Å²) in [5.74, 6) is -0.0137. The zero-order valence-corrected chi connectivity index (χ0v) is 11.0. The SMILES string of the molecule is COCCOCC(=O)N(C)CCc1ccncc1. The summed E-state index contributed by atoms with van der Waals surface area (Å²) < 4.78 is 10.0. The quantitative estimate of drug-likeness (QED) is 0.641. The lowest BCUT2D eigenvalue weighted by molar-refractivity contribution is -0.135. The van der Waals surface area contributed by atoms with Crippen molar-refractivity contribution in [2.45, 2.75) is 6.42 Å². The minimum absolute atomic E-state index is 0.0137. The molecule has 0 aliphatic carbocycles. The zero-order chi connectivity index (χ0) is 13.2. The van der Waals surface area contributed by atoms with Crippen LogP contribution in [0.5, 0.6) is 0 Å². The third-order valence-corrected chi connectivity index (χ3v) is 2.57. The summed E-state index contributed by atoms with van der Waals surface area (Å²) in [5.41, 5.74) is 1.17. The third kappa shape index (κ3) is 5.75. The summed E-state index contributed by atoms with van der Waals surface area (Å²) in [6.07, 6.45) is 4.33. The number of likely N-dealkylation sites (N-methyl/N-ethyl adjacent to an activating group) is 1. The van der Waals surface area contributed by atoms with Gasteiger partial charge in [0.2, 0.25) is 5.91 Å². The Kier molecular flexibility index (Phi) is 6.98. The van der Waals surface area contributed by atoms with Crippen LogP contribution in [0.15, 0.2) is 24.5 Å². The van der Waals surface area contributed by atoms with Gasteiger partial charge in [-0.25, -0.2) is 0 Å². The van der Waals surface area contributed by atoms with Crippen LogP contribution in [0.1, 0.15) is 5.56 Å². The van der Waals surface area contributed by atoms with E-state index in [1.165, 1.54) is 5.56 Å². The molecule has 5 nitrogen and oxygen atoms in total. The number of aromatic nitrogens is 1. The van der Waals surface area contributed by atoms with Crippen LogP contribution in [0.3, 0.4) is 0 Å². The highest BCUT2D eigenvalue weighted by Crippen LogP contribution is 1.99. The average Bonchev–Trinajstić information content (AvgIpc) is 2.42. The van der Waals surface area contributed by atoms with Gasteiger partial charge in [-0.05, 0) is 24.1 Å². The lowest BCUT2D eigenvalue weighted by Crippen LogP contribution is -2.32. The molecule has 5 heteroatoms. The second-order valence-electron chi connectivity index (χ2n) is 3.97. The molecule has 1 aromatic heterocycles. The molecule has 0 radical (unpaired) electrons. The summed E-state index contributed by atoms with van der Waals surface area (Å²) in [7, 11) is 3.38. The molecule has 1 amide bonds. The number of hydrogen-bond acceptors (Lipinski definition) is 4. The summed E-state index contributed by atoms with van der Waals surface area (Å²) in [6, 6.07) is 3.90. The van der Waals surface area contributed by atoms with Crippen molar-refractivity contribution >= 4 is 5.91 Å². The van der Waals surface area contributed by atoms with Crippen LogP contribution in [0.2, 0.25) is 0 Å². The summed E-state index contributed by atoms with van der Waals surface area (Å²) in [6.45, 7) is 1.74. The van der Waals surface area contributed by atoms with Crippen molar-refractivity contribution in [1.29, 1.82) is 0 Å². The first-order chi connectivity index (χ1) is 8.74. The van der Waals surface area contributed by atoms with Gasteiger partial charge in [0.05, 0.1) is 13.2 Å². The highest BCUT2D eigenvalue weighted by Gasteiger charge is 2.08. The van der Waals surface area contributed by atoms with Gasteiger partial charge in [0.15, 0.2) is 0 Å². The number of amides is 1. The van der Waals surface area contributed by atoms with Crippen molar-refractivity contribution in [2.75, 3.05) is 40.5 Å². The number of pyridine rings is 1. The molecule has 0 atom stereocenters. The monoisotopic (exact) mass is 252 g/mol. The van der Waals surface area contributed by atoms with Crippen molar-refractivity contribution in [3.8, 4) is 0 Å². The van der Waals surface area contributed by atoms with E-state index in [0.717, 1.165) is 6.42 Å². The molecule has 18 heavy (non-hydrogen) atoms. The van der Waals surface area contributed by atoms with Gasteiger partial charge < -0.3 is 14.4 Å². The predicted octanol–water partition coefficient (Wildman–Crippen LogP) is 0.745. The van der Waals surface area contributed by atoms with E-state index in [9.17, 15) is 4.79 Å². The fourth-order valence-electron chi connectivity index (χ4n) is 1.38. The highest BCUT2D eigenvalue weighted by molar-refractivity contribution is 5.77. The van der Waals surface area contributed by atoms with Gasteiger partial charge in [0.1, 0.15) is 6.61 Å². The molecule has 0 saturated heterocycles. The van der Waals surface area contributed by atoms with E-state index >= 15 is 0 Å². The average molecular weight is 252 g/mol. The van der Waals surface area contributed by atoms with Crippen molar-refractivity contribution in [3.63, 3.8) is 0 Å². The number of carbonyl (C=O) groups excluding carboxylic acids is 1. The number of hydrogen-bond donors (Lipinski definition) is 0. The van der Waals surface area contributed by atoms with Crippen LogP contribution in [0, 0.1) is 0 Å². The van der Waals surface area contributed by atoms with E-state index in [1.54, 1.807) is 31.5 Å². The standard InChI is InChI=1S/C13H20N2O3/c1-15(13(16)11-18-10-9-17-2)8-5-12-3-6-14-7-4-12/h3-4,6-7H,5,8-11H2,1-2H3. The number of methoxy groups -OCH3 is 1. The molecule has 100 valence electrons. The molecule has 0 N–H and O–H groups in total. The molecule has 1 heterocycles. The molecule has 0 aliphatic heterocycles. The predicted molar refractivity (Wildman–Crippen MR) is 68.3 cm³/mol. The van der Waals surface area contributed by atoms with Crippen LogP contribution in [0.4, 0.5) is 0 Å². The Morgan fingerprint density at radius 2 is 2.06 bits per heavy atom. The Balaban J connectivity index is 2.19. The molecule has 0 fully saturated rings. The number of ether oxygens (including phenoxy) is 2. The molecule has 0 aromatic carbocycles. The number of rotatable bonds is 8. The molecule has 0 bridgehead atoms. The van der Waals surface area contributed by atoms with Crippen LogP contribution in [-0.2, 0) is 20.7 Å². The minimum Gasteiger partial charge on any atom is -0.382 e. The summed E-state index contributed by atoms with van der Waals surface area (Å²) in [5, 5.41) is 0. The largest absolute Gasteiger partial charge is 0.382 e. The van der Waals surface area contributed by atoms with E-state index in [1.807, 2.05) is 12.1 Å². The summed E-state index contributed by atoms with van der Waals surface area (Å²) >= 11 is 0. The van der Waals surface area contributed by atoms with Gasteiger partial charge in [0.25, 0.3) is 0 Å². The van der Waals surface area contributed by atoms with Gasteiger partial charge in [0, 0.05) is 33.1 Å². The Morgan fingerprint density at radius 1 is 1.33 bits per heavy atom. The van der Waals surface area contributed by atoms with E-state index in [-0.39, 0.29) is 12.5 Å². The van der Waals surface area contributed by atoms with Crippen molar-refractivity contribution in [1.82, 2.24) is 9.88 Å². The van der Waals surface area contributed by atoms with Crippen molar-refractivity contribution in [2.24, 2.45) is 0 Å². The highest BCUT2D eigenvalue weighted by atomic mass is 16.5. The zero-order valence-electron chi connectivity index (χ0n) is 11.0. The van der Waals surface area contributed by atoms with Gasteiger partial charge >= 0.3 is 0 Å². The fraction of sp³-hybridized carbons (Fsp3) is 0.538. The van der Waals surface area contributed by atoms with Gasteiger partial charge in [-0.15, -0.1) is 0 Å².